The van der Waals surface area contributed by atoms with Gasteiger partial charge in [0.05, 0.1) is 26.4 Å². The number of aryl methyl sites for hydroxylation is 1. The number of aromatic nitrogens is 1. The van der Waals surface area contributed by atoms with Gasteiger partial charge in [-0.3, -0.25) is 10.1 Å². The van der Waals surface area contributed by atoms with Crippen molar-refractivity contribution < 1.29 is 19.1 Å². The van der Waals surface area contributed by atoms with E-state index in [1.165, 1.54) is 11.3 Å². The second-order valence-corrected chi connectivity index (χ2v) is 9.33. The molecule has 152 valence electrons. The third kappa shape index (κ3) is 5.55. The predicted octanol–water partition coefficient (Wildman–Crippen LogP) is 5.71. The van der Waals surface area contributed by atoms with Crippen molar-refractivity contribution in [2.24, 2.45) is 0 Å². The summed E-state index contributed by atoms with van der Waals surface area (Å²) in [6.45, 7) is 5.35. The zero-order chi connectivity index (χ0) is 21.1. The summed E-state index contributed by atoms with van der Waals surface area (Å²) in [4.78, 5) is 28.7. The van der Waals surface area contributed by atoms with Crippen LogP contribution in [0.15, 0.2) is 39.3 Å². The molecule has 0 aliphatic heterocycles. The minimum absolute atomic E-state index is 0.150. The fraction of sp³-hybridized carbons (Fsp3) is 0.250. The second kappa shape index (κ2) is 9.23. The van der Waals surface area contributed by atoms with Gasteiger partial charge in [0.15, 0.2) is 11.7 Å². The van der Waals surface area contributed by atoms with Crippen LogP contribution in [0.4, 0.5) is 5.13 Å². The normalized spacial score (nSPS) is 11.0. The van der Waals surface area contributed by atoms with Gasteiger partial charge in [-0.2, -0.15) is 0 Å². The summed E-state index contributed by atoms with van der Waals surface area (Å²) in [5, 5.41) is 3.17. The Balaban J connectivity index is 1.67. The zero-order valence-electron chi connectivity index (χ0n) is 15.9. The second-order valence-electron chi connectivity index (χ2n) is 6.53. The van der Waals surface area contributed by atoms with Gasteiger partial charge in [-0.05, 0) is 72.6 Å². The first-order chi connectivity index (χ1) is 13.7. The molecule has 3 rings (SSSR count). The van der Waals surface area contributed by atoms with Crippen molar-refractivity contribution in [3.8, 4) is 5.75 Å². The zero-order valence-corrected chi connectivity index (χ0v) is 19.9. The molecule has 1 N–H and O–H groups in total. The number of carbonyl (C=O) groups is 2. The highest BCUT2D eigenvalue weighted by Gasteiger charge is 2.14. The van der Waals surface area contributed by atoms with Crippen LogP contribution >= 0.6 is 43.2 Å². The number of esters is 1. The summed E-state index contributed by atoms with van der Waals surface area (Å²) in [5.41, 5.74) is 2.05. The molecule has 0 aliphatic carbocycles. The lowest BCUT2D eigenvalue weighted by molar-refractivity contribution is -0.118. The predicted molar refractivity (Wildman–Crippen MR) is 121 cm³/mol. The van der Waals surface area contributed by atoms with E-state index in [1.807, 2.05) is 19.1 Å². The van der Waals surface area contributed by atoms with Crippen LogP contribution in [0.3, 0.4) is 0 Å². The number of hydrogen-bond acceptors (Lipinski definition) is 6. The average Bonchev–Trinajstić information content (AvgIpc) is 3.01. The molecular formula is C20H18Br2N2O4S. The van der Waals surface area contributed by atoms with Gasteiger partial charge in [-0.15, -0.1) is 0 Å². The maximum Gasteiger partial charge on any atom is 0.338 e. The molecule has 2 aromatic carbocycles. The lowest BCUT2D eigenvalue weighted by Gasteiger charge is -2.11. The molecule has 1 aromatic heterocycles. The molecule has 0 bridgehead atoms. The number of carbonyl (C=O) groups excluding carboxylic acids is 2. The quantitative estimate of drug-likeness (QED) is 0.404. The van der Waals surface area contributed by atoms with E-state index in [4.69, 9.17) is 9.47 Å². The van der Waals surface area contributed by atoms with Crippen molar-refractivity contribution >= 4 is 70.4 Å². The number of amides is 1. The van der Waals surface area contributed by atoms with E-state index in [0.717, 1.165) is 19.2 Å². The highest BCUT2D eigenvalue weighted by Crippen LogP contribution is 2.32. The van der Waals surface area contributed by atoms with Gasteiger partial charge in [0.2, 0.25) is 0 Å². The number of rotatable bonds is 6. The van der Waals surface area contributed by atoms with E-state index in [0.29, 0.717) is 22.0 Å². The Morgan fingerprint density at radius 2 is 1.97 bits per heavy atom. The van der Waals surface area contributed by atoms with Crippen LogP contribution in [0.1, 0.15) is 29.8 Å². The summed E-state index contributed by atoms with van der Waals surface area (Å²) in [7, 11) is 0. The van der Waals surface area contributed by atoms with Crippen molar-refractivity contribution in [3.05, 3.63) is 50.4 Å². The Kier molecular flexibility index (Phi) is 6.92. The summed E-state index contributed by atoms with van der Waals surface area (Å²) >= 11 is 8.13. The number of nitrogens with zero attached hydrogens (tertiary/aromatic N) is 1. The molecule has 0 fully saturated rings. The third-order valence-electron chi connectivity index (χ3n) is 3.75. The Hall–Kier alpha value is -1.97. The summed E-state index contributed by atoms with van der Waals surface area (Å²) in [6, 6.07) is 8.88. The van der Waals surface area contributed by atoms with E-state index in [-0.39, 0.29) is 24.6 Å². The fourth-order valence-electron chi connectivity index (χ4n) is 2.55. The smallest absolute Gasteiger partial charge is 0.338 e. The molecule has 0 radical (unpaired) electrons. The van der Waals surface area contributed by atoms with Crippen molar-refractivity contribution in [2.75, 3.05) is 11.9 Å². The standard InChI is InChI=1S/C20H18Br2N2O4S/c1-10(2)28-19(26)12-4-5-15-16(7-12)29-20(23-15)24-17(25)9-27-18-11(3)6-13(21)8-14(18)22/h4-8,10H,9H2,1-3H3,(H,23,24,25). The Bertz CT molecular complexity index is 1060. The average molecular weight is 542 g/mol. The first kappa shape index (κ1) is 21.7. The van der Waals surface area contributed by atoms with Gasteiger partial charge in [0.25, 0.3) is 5.91 Å². The summed E-state index contributed by atoms with van der Waals surface area (Å²) in [6.07, 6.45) is -0.191. The van der Waals surface area contributed by atoms with Crippen LogP contribution < -0.4 is 10.1 Å². The van der Waals surface area contributed by atoms with Gasteiger partial charge < -0.3 is 9.47 Å². The topological polar surface area (TPSA) is 77.5 Å². The number of anilines is 1. The first-order valence-electron chi connectivity index (χ1n) is 8.73. The maximum absolute atomic E-state index is 12.3. The van der Waals surface area contributed by atoms with Crippen LogP contribution in [0.5, 0.6) is 5.75 Å². The molecule has 9 heteroatoms. The molecule has 0 unspecified atom stereocenters. The van der Waals surface area contributed by atoms with Gasteiger partial charge in [-0.1, -0.05) is 27.3 Å². The van der Waals surface area contributed by atoms with Gasteiger partial charge in [-0.25, -0.2) is 9.78 Å². The monoisotopic (exact) mass is 540 g/mol. The largest absolute Gasteiger partial charge is 0.482 e. The number of thiazole rings is 1. The number of nitrogens with one attached hydrogen (secondary N) is 1. The minimum Gasteiger partial charge on any atom is -0.482 e. The van der Waals surface area contributed by atoms with Crippen molar-refractivity contribution in [2.45, 2.75) is 26.9 Å². The Labute approximate surface area is 188 Å². The van der Waals surface area contributed by atoms with E-state index >= 15 is 0 Å². The molecule has 3 aromatic rings. The maximum atomic E-state index is 12.3. The van der Waals surface area contributed by atoms with E-state index in [1.54, 1.807) is 32.0 Å². The number of ether oxygens (including phenoxy) is 2. The van der Waals surface area contributed by atoms with Crippen LogP contribution in [-0.2, 0) is 9.53 Å². The summed E-state index contributed by atoms with van der Waals surface area (Å²) < 4.78 is 13.3. The third-order valence-corrected chi connectivity index (χ3v) is 5.74. The number of fused-ring (bicyclic) bond motifs is 1. The fourth-order valence-corrected chi connectivity index (χ4v) is 5.03. The molecule has 6 nitrogen and oxygen atoms in total. The summed E-state index contributed by atoms with van der Waals surface area (Å²) in [5.74, 6) is -0.0941. The van der Waals surface area contributed by atoms with Crippen LogP contribution in [0.2, 0.25) is 0 Å². The molecule has 29 heavy (non-hydrogen) atoms. The highest BCUT2D eigenvalue weighted by atomic mass is 79.9. The van der Waals surface area contributed by atoms with Crippen LogP contribution in [0, 0.1) is 6.92 Å². The molecular weight excluding hydrogens is 524 g/mol. The first-order valence-corrected chi connectivity index (χ1v) is 11.1. The molecule has 0 aliphatic rings. The van der Waals surface area contributed by atoms with Crippen LogP contribution in [0.25, 0.3) is 10.2 Å². The molecule has 0 spiro atoms. The van der Waals surface area contributed by atoms with Gasteiger partial charge in [0.1, 0.15) is 5.75 Å². The highest BCUT2D eigenvalue weighted by molar-refractivity contribution is 9.11. The van der Waals surface area contributed by atoms with Crippen LogP contribution in [-0.4, -0.2) is 29.6 Å². The molecule has 0 saturated heterocycles. The number of hydrogen-bond donors (Lipinski definition) is 1. The number of benzene rings is 2. The SMILES string of the molecule is Cc1cc(Br)cc(Br)c1OCC(=O)Nc1nc2ccc(C(=O)OC(C)C)cc2s1. The molecule has 1 amide bonds. The van der Waals surface area contributed by atoms with Crippen molar-refractivity contribution in [3.63, 3.8) is 0 Å². The molecule has 0 atom stereocenters. The van der Waals surface area contributed by atoms with E-state index in [9.17, 15) is 9.59 Å². The Morgan fingerprint density at radius 1 is 1.21 bits per heavy atom. The Morgan fingerprint density at radius 3 is 2.66 bits per heavy atom. The van der Waals surface area contributed by atoms with Gasteiger partial charge >= 0.3 is 5.97 Å². The van der Waals surface area contributed by atoms with Crippen molar-refractivity contribution in [1.29, 1.82) is 0 Å². The van der Waals surface area contributed by atoms with E-state index < -0.39 is 0 Å². The molecule has 1 heterocycles. The lowest BCUT2D eigenvalue weighted by atomic mass is 10.2. The minimum atomic E-state index is -0.385. The van der Waals surface area contributed by atoms with Crippen molar-refractivity contribution in [1.82, 2.24) is 4.98 Å². The lowest BCUT2D eigenvalue weighted by Crippen LogP contribution is -2.20. The van der Waals surface area contributed by atoms with E-state index in [2.05, 4.69) is 42.2 Å². The number of halogens is 2. The molecule has 0 saturated carbocycles. The van der Waals surface area contributed by atoms with Gasteiger partial charge in [0, 0.05) is 4.47 Å².